The van der Waals surface area contributed by atoms with Gasteiger partial charge in [0.25, 0.3) is 0 Å². The molecule has 0 radical (unpaired) electrons. The monoisotopic (exact) mass is 269 g/mol. The van der Waals surface area contributed by atoms with Gasteiger partial charge in [-0.3, -0.25) is 4.98 Å². The number of aromatic nitrogens is 1. The van der Waals surface area contributed by atoms with Crippen molar-refractivity contribution in [1.29, 1.82) is 0 Å². The fourth-order valence-corrected chi connectivity index (χ4v) is 3.61. The molecule has 3 rings (SSSR count). The Hall–Kier alpha value is -1.45. The molecule has 0 aliphatic heterocycles. The van der Waals surface area contributed by atoms with Crippen LogP contribution in [0.5, 0.6) is 0 Å². The van der Waals surface area contributed by atoms with Crippen molar-refractivity contribution in [2.24, 2.45) is 5.73 Å². The quantitative estimate of drug-likeness (QED) is 0.931. The third-order valence-corrected chi connectivity index (χ3v) is 4.93. The standard InChI is InChI=1S/C17H23N3/c1-20(2)17(9-3-4-10-17)16(18)14-8-7-13-6-5-11-19-15(13)12-14/h5-8,11-12,16H,3-4,9-10,18H2,1-2H3. The lowest BCUT2D eigenvalue weighted by Gasteiger charge is -2.41. The molecule has 3 heteroatoms. The summed E-state index contributed by atoms with van der Waals surface area (Å²) in [6, 6.07) is 10.6. The van der Waals surface area contributed by atoms with E-state index in [0.29, 0.717) is 0 Å². The summed E-state index contributed by atoms with van der Waals surface area (Å²) in [5.41, 5.74) is 8.99. The highest BCUT2D eigenvalue weighted by molar-refractivity contribution is 5.79. The zero-order valence-electron chi connectivity index (χ0n) is 12.3. The molecule has 1 atom stereocenters. The number of hydrogen-bond donors (Lipinski definition) is 1. The van der Waals surface area contributed by atoms with Crippen LogP contribution in [0.25, 0.3) is 10.9 Å². The molecule has 2 N–H and O–H groups in total. The van der Waals surface area contributed by atoms with Gasteiger partial charge in [-0.1, -0.05) is 31.0 Å². The average Bonchev–Trinajstić information content (AvgIpc) is 2.97. The number of benzene rings is 1. The molecule has 106 valence electrons. The predicted octanol–water partition coefficient (Wildman–Crippen LogP) is 3.11. The van der Waals surface area contributed by atoms with Crippen molar-refractivity contribution >= 4 is 10.9 Å². The molecule has 3 nitrogen and oxygen atoms in total. The molecule has 1 aromatic heterocycles. The minimum Gasteiger partial charge on any atom is -0.322 e. The normalized spacial score (nSPS) is 19.6. The lowest BCUT2D eigenvalue weighted by molar-refractivity contribution is 0.123. The van der Waals surface area contributed by atoms with Crippen LogP contribution in [0.4, 0.5) is 0 Å². The Balaban J connectivity index is 2.00. The van der Waals surface area contributed by atoms with Gasteiger partial charge < -0.3 is 10.6 Å². The van der Waals surface area contributed by atoms with Gasteiger partial charge >= 0.3 is 0 Å². The topological polar surface area (TPSA) is 42.1 Å². The van der Waals surface area contributed by atoms with Gasteiger partial charge in [0.05, 0.1) is 5.52 Å². The summed E-state index contributed by atoms with van der Waals surface area (Å²) in [6.45, 7) is 0. The van der Waals surface area contributed by atoms with Gasteiger partial charge in [-0.2, -0.15) is 0 Å². The van der Waals surface area contributed by atoms with Crippen molar-refractivity contribution in [2.45, 2.75) is 37.3 Å². The Labute approximate surface area is 120 Å². The van der Waals surface area contributed by atoms with Crippen molar-refractivity contribution in [2.75, 3.05) is 14.1 Å². The van der Waals surface area contributed by atoms with Crippen LogP contribution in [-0.2, 0) is 0 Å². The summed E-state index contributed by atoms with van der Waals surface area (Å²) >= 11 is 0. The maximum atomic E-state index is 6.66. The first-order valence-corrected chi connectivity index (χ1v) is 7.41. The third-order valence-electron chi connectivity index (χ3n) is 4.93. The van der Waals surface area contributed by atoms with Gasteiger partial charge in [0.15, 0.2) is 0 Å². The van der Waals surface area contributed by atoms with Gasteiger partial charge in [0.2, 0.25) is 0 Å². The summed E-state index contributed by atoms with van der Waals surface area (Å²) in [4.78, 5) is 6.78. The summed E-state index contributed by atoms with van der Waals surface area (Å²) in [5.74, 6) is 0. The molecule has 1 heterocycles. The van der Waals surface area contributed by atoms with Crippen LogP contribution >= 0.6 is 0 Å². The van der Waals surface area contributed by atoms with E-state index in [0.717, 1.165) is 5.52 Å². The highest BCUT2D eigenvalue weighted by atomic mass is 15.2. The molecule has 1 unspecified atom stereocenters. The van der Waals surface area contributed by atoms with E-state index in [-0.39, 0.29) is 11.6 Å². The Bertz CT molecular complexity index is 600. The molecule has 20 heavy (non-hydrogen) atoms. The number of nitrogens with zero attached hydrogens (tertiary/aromatic N) is 2. The first kappa shape index (κ1) is 13.5. The van der Waals surface area contributed by atoms with Crippen LogP contribution in [0.15, 0.2) is 36.5 Å². The molecular formula is C17H23N3. The summed E-state index contributed by atoms with van der Waals surface area (Å²) in [6.07, 6.45) is 6.76. The first-order chi connectivity index (χ1) is 9.63. The minimum absolute atomic E-state index is 0.0476. The van der Waals surface area contributed by atoms with Crippen molar-refractivity contribution in [3.63, 3.8) is 0 Å². The van der Waals surface area contributed by atoms with Crippen LogP contribution in [0.1, 0.15) is 37.3 Å². The van der Waals surface area contributed by atoms with Gasteiger partial charge in [0, 0.05) is 23.2 Å². The zero-order chi connectivity index (χ0) is 14.2. The molecule has 0 bridgehead atoms. The van der Waals surface area contributed by atoms with E-state index < -0.39 is 0 Å². The molecular weight excluding hydrogens is 246 g/mol. The van der Waals surface area contributed by atoms with Gasteiger partial charge in [-0.05, 0) is 44.6 Å². The van der Waals surface area contributed by atoms with Gasteiger partial charge in [-0.15, -0.1) is 0 Å². The van der Waals surface area contributed by atoms with E-state index in [4.69, 9.17) is 5.73 Å². The van der Waals surface area contributed by atoms with Gasteiger partial charge in [-0.25, -0.2) is 0 Å². The number of pyridine rings is 1. The number of hydrogen-bond acceptors (Lipinski definition) is 3. The molecule has 0 amide bonds. The van der Waals surface area contributed by atoms with Crippen LogP contribution in [0.2, 0.25) is 0 Å². The van der Waals surface area contributed by atoms with Crippen LogP contribution in [-0.4, -0.2) is 29.5 Å². The second-order valence-electron chi connectivity index (χ2n) is 6.14. The van der Waals surface area contributed by atoms with E-state index in [1.54, 1.807) is 0 Å². The lowest BCUT2D eigenvalue weighted by Crippen LogP contribution is -2.50. The Morgan fingerprint density at radius 2 is 1.95 bits per heavy atom. The number of rotatable bonds is 3. The average molecular weight is 269 g/mol. The SMILES string of the molecule is CN(C)C1(C(N)c2ccc3cccnc3c2)CCCC1. The molecule has 1 saturated carbocycles. The minimum atomic E-state index is 0.0476. The molecule has 1 aliphatic rings. The van der Waals surface area contributed by atoms with E-state index in [1.165, 1.54) is 36.6 Å². The number of nitrogens with two attached hydrogens (primary N) is 1. The largest absolute Gasteiger partial charge is 0.322 e. The lowest BCUT2D eigenvalue weighted by atomic mass is 9.83. The van der Waals surface area contributed by atoms with E-state index in [9.17, 15) is 0 Å². The Kier molecular flexibility index (Phi) is 3.48. The van der Waals surface area contributed by atoms with Crippen LogP contribution in [0.3, 0.4) is 0 Å². The molecule has 1 aliphatic carbocycles. The van der Waals surface area contributed by atoms with Crippen molar-refractivity contribution < 1.29 is 0 Å². The fraction of sp³-hybridized carbons (Fsp3) is 0.471. The third kappa shape index (κ3) is 2.11. The Morgan fingerprint density at radius 3 is 2.65 bits per heavy atom. The molecule has 0 spiro atoms. The van der Waals surface area contributed by atoms with Crippen molar-refractivity contribution in [1.82, 2.24) is 9.88 Å². The molecule has 1 aromatic carbocycles. The van der Waals surface area contributed by atoms with Crippen LogP contribution in [0, 0.1) is 0 Å². The summed E-state index contributed by atoms with van der Waals surface area (Å²) < 4.78 is 0. The maximum Gasteiger partial charge on any atom is 0.0705 e. The van der Waals surface area contributed by atoms with Gasteiger partial charge in [0.1, 0.15) is 0 Å². The maximum absolute atomic E-state index is 6.66. The first-order valence-electron chi connectivity index (χ1n) is 7.41. The molecule has 0 saturated heterocycles. The smallest absolute Gasteiger partial charge is 0.0705 e. The second-order valence-corrected chi connectivity index (χ2v) is 6.14. The fourth-order valence-electron chi connectivity index (χ4n) is 3.61. The van der Waals surface area contributed by atoms with Crippen LogP contribution < -0.4 is 5.73 Å². The predicted molar refractivity (Wildman–Crippen MR) is 83.6 cm³/mol. The summed E-state index contributed by atoms with van der Waals surface area (Å²) in [5, 5.41) is 1.17. The van der Waals surface area contributed by atoms with E-state index in [2.05, 4.69) is 48.2 Å². The zero-order valence-corrected chi connectivity index (χ0v) is 12.3. The summed E-state index contributed by atoms with van der Waals surface area (Å²) in [7, 11) is 4.31. The molecule has 1 fully saturated rings. The number of likely N-dealkylation sites (N-methyl/N-ethyl adjacent to an activating group) is 1. The second kappa shape index (κ2) is 5.15. The Morgan fingerprint density at radius 1 is 1.20 bits per heavy atom. The highest BCUT2D eigenvalue weighted by Gasteiger charge is 2.42. The molecule has 2 aromatic rings. The van der Waals surface area contributed by atoms with E-state index >= 15 is 0 Å². The van der Waals surface area contributed by atoms with Crippen molar-refractivity contribution in [3.05, 3.63) is 42.1 Å². The highest BCUT2D eigenvalue weighted by Crippen LogP contribution is 2.42. The van der Waals surface area contributed by atoms with E-state index in [1.807, 2.05) is 12.3 Å². The number of fused-ring (bicyclic) bond motifs is 1. The van der Waals surface area contributed by atoms with Crippen molar-refractivity contribution in [3.8, 4) is 0 Å².